The molecule has 1 saturated heterocycles. The van der Waals surface area contributed by atoms with Crippen molar-refractivity contribution in [2.45, 2.75) is 51.7 Å². The van der Waals surface area contributed by atoms with Crippen LogP contribution in [-0.4, -0.2) is 43.4 Å². The minimum absolute atomic E-state index is 0.147. The molecule has 0 bridgehead atoms. The van der Waals surface area contributed by atoms with E-state index in [-0.39, 0.29) is 18.3 Å². The van der Waals surface area contributed by atoms with Gasteiger partial charge < -0.3 is 14.2 Å². The minimum Gasteiger partial charge on any atom is -0.400 e. The van der Waals surface area contributed by atoms with E-state index >= 15 is 0 Å². The van der Waals surface area contributed by atoms with Crippen LogP contribution in [0, 0.1) is 0 Å². The summed E-state index contributed by atoms with van der Waals surface area (Å²) in [6.45, 7) is 10.7. The zero-order valence-corrected chi connectivity index (χ0v) is 11.7. The standard InChI is InChI=1S/C13H24BNO2/c1-12(2)13(3,4)17-14(16-12)11-7-6-9-15(5)10-8-11/h7H,6,8-10H2,1-5H3. The zero-order valence-electron chi connectivity index (χ0n) is 11.7. The molecule has 0 aromatic heterocycles. The van der Waals surface area contributed by atoms with Crippen molar-refractivity contribution in [3.05, 3.63) is 11.5 Å². The highest BCUT2D eigenvalue weighted by atomic mass is 16.7. The van der Waals surface area contributed by atoms with E-state index < -0.39 is 0 Å². The Hall–Kier alpha value is -0.315. The van der Waals surface area contributed by atoms with Gasteiger partial charge in [-0.1, -0.05) is 6.08 Å². The van der Waals surface area contributed by atoms with E-state index in [1.54, 1.807) is 0 Å². The summed E-state index contributed by atoms with van der Waals surface area (Å²) in [7, 11) is 2.02. The highest BCUT2D eigenvalue weighted by molar-refractivity contribution is 6.54. The molecule has 2 heterocycles. The SMILES string of the molecule is CN1CCC=C(B2OC(C)(C)C(C)(C)O2)CC1. The molecule has 1 fully saturated rings. The molecule has 2 aliphatic rings. The minimum atomic E-state index is -0.225. The van der Waals surface area contributed by atoms with E-state index in [1.807, 2.05) is 0 Å². The topological polar surface area (TPSA) is 21.7 Å². The molecule has 3 nitrogen and oxygen atoms in total. The maximum atomic E-state index is 6.09. The second-order valence-corrected chi connectivity index (χ2v) is 6.21. The van der Waals surface area contributed by atoms with Gasteiger partial charge in [0, 0.05) is 13.1 Å². The molecule has 0 aromatic rings. The van der Waals surface area contributed by atoms with E-state index in [9.17, 15) is 0 Å². The highest BCUT2D eigenvalue weighted by Gasteiger charge is 2.52. The highest BCUT2D eigenvalue weighted by Crippen LogP contribution is 2.39. The van der Waals surface area contributed by atoms with Gasteiger partial charge in [0.05, 0.1) is 11.2 Å². The van der Waals surface area contributed by atoms with Gasteiger partial charge in [-0.05, 0) is 53.1 Å². The van der Waals surface area contributed by atoms with Gasteiger partial charge in [-0.25, -0.2) is 0 Å². The Balaban J connectivity index is 2.08. The summed E-state index contributed by atoms with van der Waals surface area (Å²) < 4.78 is 12.2. The van der Waals surface area contributed by atoms with Gasteiger partial charge in [-0.2, -0.15) is 0 Å². The van der Waals surface area contributed by atoms with Gasteiger partial charge in [0.15, 0.2) is 0 Å². The van der Waals surface area contributed by atoms with E-state index in [0.29, 0.717) is 0 Å². The van der Waals surface area contributed by atoms with Crippen LogP contribution in [0.2, 0.25) is 0 Å². The van der Waals surface area contributed by atoms with Crippen molar-refractivity contribution in [1.29, 1.82) is 0 Å². The Bertz CT molecular complexity index is 309. The molecule has 0 spiro atoms. The molecule has 17 heavy (non-hydrogen) atoms. The van der Waals surface area contributed by atoms with Gasteiger partial charge >= 0.3 is 7.12 Å². The largest absolute Gasteiger partial charge is 0.490 e. The fourth-order valence-electron chi connectivity index (χ4n) is 2.21. The quantitative estimate of drug-likeness (QED) is 0.653. The van der Waals surface area contributed by atoms with Crippen LogP contribution >= 0.6 is 0 Å². The number of rotatable bonds is 1. The fourth-order valence-corrected chi connectivity index (χ4v) is 2.21. The van der Waals surface area contributed by atoms with Crippen LogP contribution in [0.25, 0.3) is 0 Å². The van der Waals surface area contributed by atoms with Gasteiger partial charge in [0.1, 0.15) is 0 Å². The first kappa shape index (κ1) is 13.1. The smallest absolute Gasteiger partial charge is 0.400 e. The van der Waals surface area contributed by atoms with E-state index in [4.69, 9.17) is 9.31 Å². The molecule has 96 valence electrons. The third-order valence-corrected chi connectivity index (χ3v) is 4.26. The van der Waals surface area contributed by atoms with Crippen molar-refractivity contribution in [2.75, 3.05) is 20.1 Å². The van der Waals surface area contributed by atoms with Crippen molar-refractivity contribution >= 4 is 7.12 Å². The average Bonchev–Trinajstić information content (AvgIpc) is 2.39. The first-order chi connectivity index (χ1) is 7.82. The van der Waals surface area contributed by atoms with Crippen LogP contribution in [0.5, 0.6) is 0 Å². The Morgan fingerprint density at radius 3 is 2.29 bits per heavy atom. The van der Waals surface area contributed by atoms with Crippen molar-refractivity contribution in [3.8, 4) is 0 Å². The molecule has 0 unspecified atom stereocenters. The Morgan fingerprint density at radius 2 is 1.71 bits per heavy atom. The normalized spacial score (nSPS) is 29.0. The predicted octanol–water partition coefficient (Wildman–Crippen LogP) is 2.27. The second-order valence-electron chi connectivity index (χ2n) is 6.21. The summed E-state index contributed by atoms with van der Waals surface area (Å²) in [4.78, 5) is 2.36. The number of hydrogen-bond acceptors (Lipinski definition) is 3. The van der Waals surface area contributed by atoms with Gasteiger partial charge in [-0.3, -0.25) is 0 Å². The predicted molar refractivity (Wildman–Crippen MR) is 70.9 cm³/mol. The fraction of sp³-hybridized carbons (Fsp3) is 0.846. The number of hydrogen-bond donors (Lipinski definition) is 0. The molecule has 0 amide bonds. The molecule has 0 aliphatic carbocycles. The maximum absolute atomic E-state index is 6.09. The first-order valence-electron chi connectivity index (χ1n) is 6.55. The van der Waals surface area contributed by atoms with Crippen molar-refractivity contribution in [3.63, 3.8) is 0 Å². The Morgan fingerprint density at radius 1 is 1.12 bits per heavy atom. The van der Waals surface area contributed by atoms with Crippen LogP contribution in [-0.2, 0) is 9.31 Å². The molecule has 0 N–H and O–H groups in total. The van der Waals surface area contributed by atoms with Crippen LogP contribution in [0.1, 0.15) is 40.5 Å². The monoisotopic (exact) mass is 237 g/mol. The Kier molecular flexibility index (Phi) is 3.41. The summed E-state index contributed by atoms with van der Waals surface area (Å²) in [5.74, 6) is 0. The lowest BCUT2D eigenvalue weighted by molar-refractivity contribution is 0.00578. The lowest BCUT2D eigenvalue weighted by atomic mass is 9.76. The van der Waals surface area contributed by atoms with Crippen molar-refractivity contribution in [1.82, 2.24) is 4.90 Å². The average molecular weight is 237 g/mol. The van der Waals surface area contributed by atoms with E-state index in [2.05, 4.69) is 45.7 Å². The van der Waals surface area contributed by atoms with Crippen LogP contribution < -0.4 is 0 Å². The summed E-state index contributed by atoms with van der Waals surface area (Å²) >= 11 is 0. The van der Waals surface area contributed by atoms with Gasteiger partial charge in [0.25, 0.3) is 0 Å². The van der Waals surface area contributed by atoms with Crippen LogP contribution in [0.15, 0.2) is 11.5 Å². The second kappa shape index (κ2) is 4.41. The molecular weight excluding hydrogens is 213 g/mol. The lowest BCUT2D eigenvalue weighted by Gasteiger charge is -2.32. The molecule has 0 atom stereocenters. The summed E-state index contributed by atoms with van der Waals surface area (Å²) in [5.41, 5.74) is 0.862. The molecular formula is C13H24BNO2. The van der Waals surface area contributed by atoms with Crippen LogP contribution in [0.3, 0.4) is 0 Å². The van der Waals surface area contributed by atoms with Crippen molar-refractivity contribution < 1.29 is 9.31 Å². The number of nitrogens with zero attached hydrogens (tertiary/aromatic N) is 1. The zero-order chi connectivity index (χ0) is 12.7. The van der Waals surface area contributed by atoms with Gasteiger partial charge in [-0.15, -0.1) is 0 Å². The summed E-state index contributed by atoms with van der Waals surface area (Å²) in [6.07, 6.45) is 4.44. The third kappa shape index (κ3) is 2.59. The first-order valence-corrected chi connectivity index (χ1v) is 6.55. The Labute approximate surface area is 105 Å². The third-order valence-electron chi connectivity index (χ3n) is 4.26. The van der Waals surface area contributed by atoms with E-state index in [1.165, 1.54) is 5.47 Å². The molecule has 2 aliphatic heterocycles. The molecule has 0 radical (unpaired) electrons. The van der Waals surface area contributed by atoms with Crippen molar-refractivity contribution in [2.24, 2.45) is 0 Å². The summed E-state index contributed by atoms with van der Waals surface area (Å²) in [6, 6.07) is 0. The molecule has 2 rings (SSSR count). The summed E-state index contributed by atoms with van der Waals surface area (Å²) in [5, 5.41) is 0. The molecule has 0 aromatic carbocycles. The maximum Gasteiger partial charge on any atom is 0.490 e. The molecule has 0 saturated carbocycles. The van der Waals surface area contributed by atoms with Gasteiger partial charge in [0.2, 0.25) is 0 Å². The van der Waals surface area contributed by atoms with E-state index in [0.717, 1.165) is 25.9 Å². The lowest BCUT2D eigenvalue weighted by Crippen LogP contribution is -2.41. The van der Waals surface area contributed by atoms with Crippen LogP contribution in [0.4, 0.5) is 0 Å². The molecule has 4 heteroatoms.